The van der Waals surface area contributed by atoms with Gasteiger partial charge < -0.3 is 19.0 Å². The molecule has 0 aliphatic carbocycles. The highest BCUT2D eigenvalue weighted by Gasteiger charge is 2.25. The maximum atomic E-state index is 13.0. The van der Waals surface area contributed by atoms with E-state index in [1.54, 1.807) is 35.1 Å². The van der Waals surface area contributed by atoms with Crippen molar-refractivity contribution >= 4 is 23.8 Å². The lowest BCUT2D eigenvalue weighted by Gasteiger charge is -2.33. The summed E-state index contributed by atoms with van der Waals surface area (Å²) in [7, 11) is 0. The predicted octanol–water partition coefficient (Wildman–Crippen LogP) is 2.87. The summed E-state index contributed by atoms with van der Waals surface area (Å²) < 4.78 is 23.6. The van der Waals surface area contributed by atoms with Crippen molar-refractivity contribution in [2.24, 2.45) is 0 Å². The standard InChI is InChI=1S/C18H20FN3O4S/c1-2-25-18(24)22-9-7-21(8-10-22)16(23)12-27-17-20-11-15(26-17)13-3-5-14(19)6-4-13/h3-6,11H,2,7-10,12H2,1H3. The molecule has 1 saturated heterocycles. The van der Waals surface area contributed by atoms with Crippen molar-refractivity contribution in [1.29, 1.82) is 0 Å². The second-order valence-electron chi connectivity index (χ2n) is 5.85. The van der Waals surface area contributed by atoms with Gasteiger partial charge in [-0.1, -0.05) is 11.8 Å². The summed E-state index contributed by atoms with van der Waals surface area (Å²) in [5.41, 5.74) is 0.720. The minimum Gasteiger partial charge on any atom is -0.450 e. The zero-order valence-corrected chi connectivity index (χ0v) is 15.7. The summed E-state index contributed by atoms with van der Waals surface area (Å²) in [6.45, 7) is 3.98. The average molecular weight is 393 g/mol. The molecule has 0 saturated carbocycles. The van der Waals surface area contributed by atoms with Crippen LogP contribution in [0.5, 0.6) is 0 Å². The molecule has 1 aromatic carbocycles. The molecule has 0 radical (unpaired) electrons. The fraction of sp³-hybridized carbons (Fsp3) is 0.389. The van der Waals surface area contributed by atoms with Crippen LogP contribution in [0, 0.1) is 5.82 Å². The van der Waals surface area contributed by atoms with Gasteiger partial charge in [-0.3, -0.25) is 4.79 Å². The lowest BCUT2D eigenvalue weighted by Crippen LogP contribution is -2.51. The minimum absolute atomic E-state index is 0.0370. The summed E-state index contributed by atoms with van der Waals surface area (Å²) in [5.74, 6) is 0.363. The summed E-state index contributed by atoms with van der Waals surface area (Å²) >= 11 is 1.21. The first-order valence-electron chi connectivity index (χ1n) is 8.61. The van der Waals surface area contributed by atoms with E-state index in [9.17, 15) is 14.0 Å². The molecule has 2 aromatic rings. The van der Waals surface area contributed by atoms with Crippen molar-refractivity contribution in [3.05, 3.63) is 36.3 Å². The third-order valence-electron chi connectivity index (χ3n) is 4.09. The molecule has 2 heterocycles. The van der Waals surface area contributed by atoms with E-state index in [0.29, 0.717) is 43.8 Å². The molecule has 1 aliphatic heterocycles. The van der Waals surface area contributed by atoms with Gasteiger partial charge in [0.05, 0.1) is 18.6 Å². The Kier molecular flexibility index (Phi) is 6.33. The molecule has 0 bridgehead atoms. The van der Waals surface area contributed by atoms with Crippen molar-refractivity contribution < 1.29 is 23.1 Å². The van der Waals surface area contributed by atoms with Crippen LogP contribution in [0.2, 0.25) is 0 Å². The summed E-state index contributed by atoms with van der Waals surface area (Å²) in [6.07, 6.45) is 1.21. The molecule has 144 valence electrons. The highest BCUT2D eigenvalue weighted by Crippen LogP contribution is 2.25. The first kappa shape index (κ1) is 19.2. The van der Waals surface area contributed by atoms with Gasteiger partial charge in [0.1, 0.15) is 5.82 Å². The fourth-order valence-corrected chi connectivity index (χ4v) is 3.35. The number of piperazine rings is 1. The van der Waals surface area contributed by atoms with Gasteiger partial charge >= 0.3 is 6.09 Å². The van der Waals surface area contributed by atoms with E-state index in [4.69, 9.17) is 9.15 Å². The van der Waals surface area contributed by atoms with Crippen LogP contribution in [-0.4, -0.2) is 65.3 Å². The Bertz CT molecular complexity index is 788. The number of amides is 2. The van der Waals surface area contributed by atoms with Crippen LogP contribution in [0.1, 0.15) is 6.92 Å². The molecular formula is C18H20FN3O4S. The SMILES string of the molecule is CCOC(=O)N1CCN(C(=O)CSc2ncc(-c3ccc(F)cc3)o2)CC1. The molecule has 3 rings (SSSR count). The van der Waals surface area contributed by atoms with Crippen LogP contribution in [0.25, 0.3) is 11.3 Å². The molecule has 27 heavy (non-hydrogen) atoms. The number of ether oxygens (including phenoxy) is 1. The normalized spacial score (nSPS) is 14.3. The van der Waals surface area contributed by atoms with E-state index in [2.05, 4.69) is 4.98 Å². The van der Waals surface area contributed by atoms with Crippen LogP contribution in [0.15, 0.2) is 40.1 Å². The van der Waals surface area contributed by atoms with Gasteiger partial charge in [-0.05, 0) is 31.2 Å². The van der Waals surface area contributed by atoms with Crippen LogP contribution in [-0.2, 0) is 9.53 Å². The Morgan fingerprint density at radius 3 is 2.52 bits per heavy atom. The second-order valence-corrected chi connectivity index (χ2v) is 6.78. The van der Waals surface area contributed by atoms with Crippen LogP contribution < -0.4 is 0 Å². The molecule has 1 fully saturated rings. The van der Waals surface area contributed by atoms with Crippen LogP contribution in [0.3, 0.4) is 0 Å². The number of carbonyl (C=O) groups is 2. The third-order valence-corrected chi connectivity index (χ3v) is 4.92. The number of carbonyl (C=O) groups excluding carboxylic acids is 2. The lowest BCUT2D eigenvalue weighted by molar-refractivity contribution is -0.129. The maximum Gasteiger partial charge on any atom is 0.409 e. The zero-order chi connectivity index (χ0) is 19.2. The van der Waals surface area contributed by atoms with Gasteiger partial charge in [0.15, 0.2) is 5.76 Å². The lowest BCUT2D eigenvalue weighted by atomic mass is 10.2. The van der Waals surface area contributed by atoms with Crippen molar-refractivity contribution in [3.8, 4) is 11.3 Å². The number of aromatic nitrogens is 1. The van der Waals surface area contributed by atoms with Gasteiger partial charge in [-0.15, -0.1) is 0 Å². The van der Waals surface area contributed by atoms with E-state index in [-0.39, 0.29) is 23.6 Å². The number of nitrogens with zero attached hydrogens (tertiary/aromatic N) is 3. The fourth-order valence-electron chi connectivity index (χ4n) is 2.64. The Morgan fingerprint density at radius 1 is 1.19 bits per heavy atom. The second kappa shape index (κ2) is 8.90. The monoisotopic (exact) mass is 393 g/mol. The number of oxazole rings is 1. The molecule has 1 aromatic heterocycles. The highest BCUT2D eigenvalue weighted by molar-refractivity contribution is 7.99. The van der Waals surface area contributed by atoms with E-state index >= 15 is 0 Å². The Labute approximate surface area is 160 Å². The smallest absolute Gasteiger partial charge is 0.409 e. The highest BCUT2D eigenvalue weighted by atomic mass is 32.2. The van der Waals surface area contributed by atoms with Gasteiger partial charge in [0.25, 0.3) is 5.22 Å². The molecule has 0 atom stereocenters. The predicted molar refractivity (Wildman–Crippen MR) is 97.8 cm³/mol. The molecule has 2 amide bonds. The largest absolute Gasteiger partial charge is 0.450 e. The van der Waals surface area contributed by atoms with Crippen molar-refractivity contribution in [1.82, 2.24) is 14.8 Å². The molecule has 7 nitrogen and oxygen atoms in total. The van der Waals surface area contributed by atoms with E-state index in [1.165, 1.54) is 23.9 Å². The number of halogens is 1. The summed E-state index contributed by atoms with van der Waals surface area (Å²) in [4.78, 5) is 31.5. The van der Waals surface area contributed by atoms with E-state index < -0.39 is 0 Å². The van der Waals surface area contributed by atoms with Crippen LogP contribution in [0.4, 0.5) is 9.18 Å². The zero-order valence-electron chi connectivity index (χ0n) is 14.9. The number of thioether (sulfide) groups is 1. The quantitative estimate of drug-likeness (QED) is 0.727. The Hall–Kier alpha value is -2.55. The Balaban J connectivity index is 1.47. The van der Waals surface area contributed by atoms with Gasteiger partial charge in [-0.2, -0.15) is 0 Å². The number of hydrogen-bond donors (Lipinski definition) is 0. The third kappa shape index (κ3) is 5.00. The average Bonchev–Trinajstić information content (AvgIpc) is 3.16. The van der Waals surface area contributed by atoms with Crippen molar-refractivity contribution in [2.45, 2.75) is 12.1 Å². The topological polar surface area (TPSA) is 75.9 Å². The van der Waals surface area contributed by atoms with Crippen LogP contribution >= 0.6 is 11.8 Å². The van der Waals surface area contributed by atoms with Gasteiger partial charge in [-0.25, -0.2) is 14.2 Å². The number of benzene rings is 1. The molecule has 9 heteroatoms. The van der Waals surface area contributed by atoms with Crippen molar-refractivity contribution in [2.75, 3.05) is 38.5 Å². The summed E-state index contributed by atoms with van der Waals surface area (Å²) in [5, 5.41) is 0.382. The van der Waals surface area contributed by atoms with E-state index in [0.717, 1.165) is 5.56 Å². The first-order chi connectivity index (χ1) is 13.1. The first-order valence-corrected chi connectivity index (χ1v) is 9.59. The Morgan fingerprint density at radius 2 is 1.85 bits per heavy atom. The molecule has 0 unspecified atom stereocenters. The maximum absolute atomic E-state index is 13.0. The summed E-state index contributed by atoms with van der Waals surface area (Å²) in [6, 6.07) is 5.92. The van der Waals surface area contributed by atoms with Gasteiger partial charge in [0.2, 0.25) is 5.91 Å². The number of rotatable bonds is 5. The van der Waals surface area contributed by atoms with Gasteiger partial charge in [0, 0.05) is 31.7 Å². The van der Waals surface area contributed by atoms with E-state index in [1.807, 2.05) is 0 Å². The molecular weight excluding hydrogens is 373 g/mol. The molecule has 0 spiro atoms. The molecule has 0 N–H and O–H groups in total. The minimum atomic E-state index is -0.341. The van der Waals surface area contributed by atoms with Crippen molar-refractivity contribution in [3.63, 3.8) is 0 Å². The molecule has 1 aliphatic rings. The number of hydrogen-bond acceptors (Lipinski definition) is 6.